The minimum Gasteiger partial charge on any atom is -0.353 e. The van der Waals surface area contributed by atoms with Crippen LogP contribution >= 0.6 is 11.8 Å². The lowest BCUT2D eigenvalue weighted by Gasteiger charge is -2.22. The van der Waals surface area contributed by atoms with E-state index in [0.717, 1.165) is 6.42 Å². The van der Waals surface area contributed by atoms with Crippen molar-refractivity contribution in [2.24, 2.45) is 11.7 Å². The molecular formula is C16H24FN3O2S. The van der Waals surface area contributed by atoms with Crippen LogP contribution in [0.5, 0.6) is 0 Å². The number of rotatable bonds is 9. The van der Waals surface area contributed by atoms with E-state index in [9.17, 15) is 14.0 Å². The molecule has 4 N–H and O–H groups in total. The number of primary amides is 1. The monoisotopic (exact) mass is 341 g/mol. The second-order valence-corrected chi connectivity index (χ2v) is 6.41. The third-order valence-electron chi connectivity index (χ3n) is 3.55. The first kappa shape index (κ1) is 19.3. The molecule has 7 heteroatoms. The molecule has 0 saturated heterocycles. The van der Waals surface area contributed by atoms with Gasteiger partial charge in [-0.05, 0) is 17.5 Å². The van der Waals surface area contributed by atoms with Crippen molar-refractivity contribution in [3.05, 3.63) is 35.6 Å². The van der Waals surface area contributed by atoms with Gasteiger partial charge in [-0.2, -0.15) is 11.8 Å². The number of nitrogens with one attached hydrogen (secondary N) is 2. The van der Waals surface area contributed by atoms with Crippen molar-refractivity contribution in [3.8, 4) is 0 Å². The summed E-state index contributed by atoms with van der Waals surface area (Å²) >= 11 is 1.54. The van der Waals surface area contributed by atoms with Crippen LogP contribution in [-0.4, -0.2) is 30.3 Å². The molecule has 128 valence electrons. The van der Waals surface area contributed by atoms with Crippen molar-refractivity contribution in [2.75, 3.05) is 12.3 Å². The van der Waals surface area contributed by atoms with Gasteiger partial charge in [-0.3, -0.25) is 4.79 Å². The molecule has 1 aromatic rings. The van der Waals surface area contributed by atoms with Gasteiger partial charge in [0, 0.05) is 18.1 Å². The topological polar surface area (TPSA) is 84.2 Å². The quantitative estimate of drug-likeness (QED) is 0.602. The van der Waals surface area contributed by atoms with Crippen LogP contribution in [0.25, 0.3) is 0 Å². The average Bonchev–Trinajstić information content (AvgIpc) is 2.52. The van der Waals surface area contributed by atoms with Crippen LogP contribution in [0, 0.1) is 11.7 Å². The first-order valence-electron chi connectivity index (χ1n) is 7.60. The smallest absolute Gasteiger partial charge is 0.312 e. The third-order valence-corrected chi connectivity index (χ3v) is 4.56. The standard InChI is InChI=1S/C16H24FN3O2S/c1-3-11(2)14(20-16(18)22)15(21)19-8-9-23-10-12-6-4-5-7-13(12)17/h4-7,11,14H,3,8-10H2,1-2H3,(H,19,21)(H3,18,20,22)/t11-,14-/m0/s1. The number of nitrogens with two attached hydrogens (primary N) is 1. The second-order valence-electron chi connectivity index (χ2n) is 5.31. The fourth-order valence-electron chi connectivity index (χ4n) is 2.01. The van der Waals surface area contributed by atoms with Crippen molar-refractivity contribution in [2.45, 2.75) is 32.1 Å². The highest BCUT2D eigenvalue weighted by atomic mass is 32.2. The number of halogens is 1. The normalized spacial score (nSPS) is 13.2. The molecule has 0 heterocycles. The number of carbonyl (C=O) groups is 2. The van der Waals surface area contributed by atoms with Crippen LogP contribution in [0.3, 0.4) is 0 Å². The van der Waals surface area contributed by atoms with Crippen molar-refractivity contribution in [1.82, 2.24) is 10.6 Å². The van der Waals surface area contributed by atoms with Crippen molar-refractivity contribution in [3.63, 3.8) is 0 Å². The molecule has 0 aliphatic heterocycles. The Morgan fingerprint density at radius 3 is 2.65 bits per heavy atom. The largest absolute Gasteiger partial charge is 0.353 e. The predicted molar refractivity (Wildman–Crippen MR) is 91.5 cm³/mol. The van der Waals surface area contributed by atoms with Gasteiger partial charge in [0.15, 0.2) is 0 Å². The van der Waals surface area contributed by atoms with Gasteiger partial charge in [0.25, 0.3) is 0 Å². The van der Waals surface area contributed by atoms with Gasteiger partial charge in [-0.1, -0.05) is 38.5 Å². The Kier molecular flexibility index (Phi) is 8.47. The minimum atomic E-state index is -0.709. The molecule has 1 aromatic carbocycles. The van der Waals surface area contributed by atoms with Gasteiger partial charge in [-0.15, -0.1) is 0 Å². The van der Waals surface area contributed by atoms with Gasteiger partial charge in [0.2, 0.25) is 5.91 Å². The molecule has 0 aliphatic carbocycles. The number of thioether (sulfide) groups is 1. The molecule has 0 aliphatic rings. The maximum Gasteiger partial charge on any atom is 0.312 e. The lowest BCUT2D eigenvalue weighted by Crippen LogP contribution is -2.52. The molecule has 23 heavy (non-hydrogen) atoms. The van der Waals surface area contributed by atoms with Gasteiger partial charge >= 0.3 is 6.03 Å². The van der Waals surface area contributed by atoms with E-state index in [1.807, 2.05) is 13.8 Å². The van der Waals surface area contributed by atoms with E-state index in [1.165, 1.54) is 17.8 Å². The third kappa shape index (κ3) is 6.90. The summed E-state index contributed by atoms with van der Waals surface area (Å²) in [6.45, 7) is 4.27. The second kappa shape index (κ2) is 10.1. The summed E-state index contributed by atoms with van der Waals surface area (Å²) in [5.41, 5.74) is 5.76. The number of hydrogen-bond acceptors (Lipinski definition) is 3. The summed E-state index contributed by atoms with van der Waals surface area (Å²) in [5.74, 6) is 0.741. The van der Waals surface area contributed by atoms with Gasteiger partial charge in [0.1, 0.15) is 11.9 Å². The molecule has 1 rings (SSSR count). The Morgan fingerprint density at radius 1 is 1.35 bits per heavy atom. The SMILES string of the molecule is CC[C@H](C)[C@H](NC(N)=O)C(=O)NCCSCc1ccccc1F. The highest BCUT2D eigenvalue weighted by Crippen LogP contribution is 2.14. The summed E-state index contributed by atoms with van der Waals surface area (Å²) in [6.07, 6.45) is 0.750. The van der Waals surface area contributed by atoms with Crippen LogP contribution in [0.2, 0.25) is 0 Å². The van der Waals surface area contributed by atoms with E-state index < -0.39 is 12.1 Å². The highest BCUT2D eigenvalue weighted by Gasteiger charge is 2.24. The minimum absolute atomic E-state index is 0.00596. The van der Waals surface area contributed by atoms with Crippen LogP contribution < -0.4 is 16.4 Å². The van der Waals surface area contributed by atoms with Crippen LogP contribution in [0.1, 0.15) is 25.8 Å². The Hall–Kier alpha value is -1.76. The number of hydrogen-bond donors (Lipinski definition) is 3. The highest BCUT2D eigenvalue weighted by molar-refractivity contribution is 7.98. The number of benzene rings is 1. The van der Waals surface area contributed by atoms with E-state index in [1.54, 1.807) is 18.2 Å². The Bertz CT molecular complexity index is 528. The molecule has 0 fully saturated rings. The zero-order valence-electron chi connectivity index (χ0n) is 13.5. The Balaban J connectivity index is 2.34. The molecule has 0 radical (unpaired) electrons. The first-order valence-corrected chi connectivity index (χ1v) is 8.76. The predicted octanol–water partition coefficient (Wildman–Crippen LogP) is 2.26. The summed E-state index contributed by atoms with van der Waals surface area (Å²) in [6, 6.07) is 5.30. The van der Waals surface area contributed by atoms with Gasteiger partial charge in [-0.25, -0.2) is 9.18 Å². The Morgan fingerprint density at radius 2 is 2.04 bits per heavy atom. The molecule has 2 atom stereocenters. The molecule has 5 nitrogen and oxygen atoms in total. The zero-order valence-corrected chi connectivity index (χ0v) is 14.3. The van der Waals surface area contributed by atoms with Gasteiger partial charge in [0.05, 0.1) is 0 Å². The number of carbonyl (C=O) groups excluding carboxylic acids is 2. The van der Waals surface area contributed by atoms with Crippen LogP contribution in [0.4, 0.5) is 9.18 Å². The van der Waals surface area contributed by atoms with Crippen LogP contribution in [-0.2, 0) is 10.5 Å². The Labute approximate surface area is 140 Å². The summed E-state index contributed by atoms with van der Waals surface area (Å²) in [4.78, 5) is 23.1. The number of urea groups is 1. The lowest BCUT2D eigenvalue weighted by atomic mass is 9.98. The summed E-state index contributed by atoms with van der Waals surface area (Å²) < 4.78 is 13.4. The van der Waals surface area contributed by atoms with Crippen molar-refractivity contribution < 1.29 is 14.0 Å². The van der Waals surface area contributed by atoms with E-state index in [0.29, 0.717) is 23.6 Å². The molecular weight excluding hydrogens is 317 g/mol. The van der Waals surface area contributed by atoms with E-state index in [2.05, 4.69) is 10.6 Å². The molecule has 0 aromatic heterocycles. The fourth-order valence-corrected chi connectivity index (χ4v) is 2.85. The summed E-state index contributed by atoms with van der Waals surface area (Å²) in [5, 5.41) is 5.26. The maximum absolute atomic E-state index is 13.4. The van der Waals surface area contributed by atoms with Crippen molar-refractivity contribution in [1.29, 1.82) is 0 Å². The molecule has 0 saturated carbocycles. The molecule has 0 bridgehead atoms. The fraction of sp³-hybridized carbons (Fsp3) is 0.500. The lowest BCUT2D eigenvalue weighted by molar-refractivity contribution is -0.123. The van der Waals surface area contributed by atoms with E-state index in [4.69, 9.17) is 5.73 Å². The van der Waals surface area contributed by atoms with Gasteiger partial charge < -0.3 is 16.4 Å². The molecule has 0 spiro atoms. The maximum atomic E-state index is 13.4. The first-order chi connectivity index (χ1) is 11.0. The molecule has 0 unspecified atom stereocenters. The summed E-state index contributed by atoms with van der Waals surface area (Å²) in [7, 11) is 0. The van der Waals surface area contributed by atoms with E-state index in [-0.39, 0.29) is 17.6 Å². The zero-order chi connectivity index (χ0) is 17.2. The molecule has 3 amide bonds. The van der Waals surface area contributed by atoms with Crippen molar-refractivity contribution >= 4 is 23.7 Å². The van der Waals surface area contributed by atoms with Crippen LogP contribution in [0.15, 0.2) is 24.3 Å². The average molecular weight is 341 g/mol. The number of amides is 3. The van der Waals surface area contributed by atoms with E-state index >= 15 is 0 Å².